The van der Waals surface area contributed by atoms with Gasteiger partial charge in [-0.3, -0.25) is 9.59 Å². The SMILES string of the molecule is CC(=O)N1CCCc2c(csc2C=O)C1. The molecule has 0 atom stereocenters. The highest BCUT2D eigenvalue weighted by Gasteiger charge is 2.19. The highest BCUT2D eigenvalue weighted by atomic mass is 32.1. The molecule has 0 fully saturated rings. The lowest BCUT2D eigenvalue weighted by Gasteiger charge is -2.17. The zero-order valence-corrected chi connectivity index (χ0v) is 9.47. The van der Waals surface area contributed by atoms with Crippen molar-refractivity contribution < 1.29 is 9.59 Å². The summed E-state index contributed by atoms with van der Waals surface area (Å²) in [5.41, 5.74) is 2.30. The topological polar surface area (TPSA) is 37.4 Å². The number of fused-ring (bicyclic) bond motifs is 1. The van der Waals surface area contributed by atoms with Crippen molar-refractivity contribution in [2.45, 2.75) is 26.3 Å². The first-order chi connectivity index (χ1) is 7.22. The molecule has 0 radical (unpaired) electrons. The molecule has 0 saturated carbocycles. The third kappa shape index (κ3) is 1.95. The molecular weight excluding hydrogens is 210 g/mol. The molecule has 2 rings (SSSR count). The van der Waals surface area contributed by atoms with E-state index in [1.807, 2.05) is 10.3 Å². The van der Waals surface area contributed by atoms with E-state index in [2.05, 4.69) is 0 Å². The molecule has 1 aromatic rings. The number of amides is 1. The summed E-state index contributed by atoms with van der Waals surface area (Å²) < 4.78 is 0. The molecule has 1 amide bonds. The Kier molecular flexibility index (Phi) is 2.86. The van der Waals surface area contributed by atoms with Gasteiger partial charge in [0.25, 0.3) is 0 Å². The lowest BCUT2D eigenvalue weighted by atomic mass is 10.1. The van der Waals surface area contributed by atoms with Gasteiger partial charge >= 0.3 is 0 Å². The van der Waals surface area contributed by atoms with Gasteiger partial charge < -0.3 is 4.90 Å². The number of hydrogen-bond acceptors (Lipinski definition) is 3. The lowest BCUT2D eigenvalue weighted by Crippen LogP contribution is -2.27. The van der Waals surface area contributed by atoms with Gasteiger partial charge in [-0.05, 0) is 29.3 Å². The molecule has 80 valence electrons. The average Bonchev–Trinajstić information content (AvgIpc) is 2.46. The van der Waals surface area contributed by atoms with Crippen molar-refractivity contribution in [1.82, 2.24) is 4.90 Å². The van der Waals surface area contributed by atoms with Crippen molar-refractivity contribution in [3.8, 4) is 0 Å². The number of rotatable bonds is 1. The summed E-state index contributed by atoms with van der Waals surface area (Å²) >= 11 is 1.48. The fourth-order valence-electron chi connectivity index (χ4n) is 1.95. The summed E-state index contributed by atoms with van der Waals surface area (Å²) in [6.45, 7) is 3.06. The lowest BCUT2D eigenvalue weighted by molar-refractivity contribution is -0.129. The van der Waals surface area contributed by atoms with Crippen molar-refractivity contribution >= 4 is 23.5 Å². The molecule has 3 nitrogen and oxygen atoms in total. The maximum absolute atomic E-state index is 11.3. The number of hydrogen-bond donors (Lipinski definition) is 0. The number of aldehydes is 1. The van der Waals surface area contributed by atoms with E-state index in [-0.39, 0.29) is 5.91 Å². The maximum Gasteiger partial charge on any atom is 0.219 e. The minimum Gasteiger partial charge on any atom is -0.339 e. The van der Waals surface area contributed by atoms with Gasteiger partial charge in [0.15, 0.2) is 6.29 Å². The standard InChI is InChI=1S/C11H13NO2S/c1-8(14)12-4-2-3-10-9(5-12)7-15-11(10)6-13/h6-7H,2-5H2,1H3. The minimum atomic E-state index is 0.113. The fraction of sp³-hybridized carbons (Fsp3) is 0.455. The quantitative estimate of drug-likeness (QED) is 0.681. The molecule has 4 heteroatoms. The Morgan fingerprint density at radius 1 is 1.60 bits per heavy atom. The van der Waals surface area contributed by atoms with Gasteiger partial charge in [0, 0.05) is 20.0 Å². The van der Waals surface area contributed by atoms with Crippen LogP contribution in [0.25, 0.3) is 0 Å². The molecule has 2 heterocycles. The van der Waals surface area contributed by atoms with Gasteiger partial charge in [0.2, 0.25) is 5.91 Å². The van der Waals surface area contributed by atoms with Gasteiger partial charge in [0.05, 0.1) is 4.88 Å². The highest BCUT2D eigenvalue weighted by molar-refractivity contribution is 7.12. The normalized spacial score (nSPS) is 15.7. The van der Waals surface area contributed by atoms with Crippen LogP contribution in [0.3, 0.4) is 0 Å². The zero-order chi connectivity index (χ0) is 10.8. The summed E-state index contributed by atoms with van der Waals surface area (Å²) in [4.78, 5) is 24.8. The first kappa shape index (κ1) is 10.4. The van der Waals surface area contributed by atoms with E-state index < -0.39 is 0 Å². The molecule has 15 heavy (non-hydrogen) atoms. The molecule has 1 aromatic heterocycles. The van der Waals surface area contributed by atoms with Crippen LogP contribution in [0.2, 0.25) is 0 Å². The van der Waals surface area contributed by atoms with Crippen LogP contribution in [0, 0.1) is 0 Å². The Bertz CT molecular complexity index is 397. The first-order valence-electron chi connectivity index (χ1n) is 5.02. The van der Waals surface area contributed by atoms with Gasteiger partial charge in [-0.15, -0.1) is 11.3 Å². The minimum absolute atomic E-state index is 0.113. The Morgan fingerprint density at radius 3 is 3.07 bits per heavy atom. The Morgan fingerprint density at radius 2 is 2.40 bits per heavy atom. The van der Waals surface area contributed by atoms with Crippen LogP contribution < -0.4 is 0 Å². The molecule has 1 aliphatic heterocycles. The molecule has 0 unspecified atom stereocenters. The van der Waals surface area contributed by atoms with Crippen LogP contribution in [-0.2, 0) is 17.8 Å². The highest BCUT2D eigenvalue weighted by Crippen LogP contribution is 2.26. The van der Waals surface area contributed by atoms with Crippen LogP contribution in [0.5, 0.6) is 0 Å². The van der Waals surface area contributed by atoms with Crippen LogP contribution in [-0.4, -0.2) is 23.6 Å². The third-order valence-corrected chi connectivity index (χ3v) is 3.78. The van der Waals surface area contributed by atoms with Gasteiger partial charge in [-0.25, -0.2) is 0 Å². The summed E-state index contributed by atoms with van der Waals surface area (Å²) in [6, 6.07) is 0. The van der Waals surface area contributed by atoms with E-state index in [1.165, 1.54) is 11.3 Å². The summed E-state index contributed by atoms with van der Waals surface area (Å²) in [5, 5.41) is 2.00. The van der Waals surface area contributed by atoms with Crippen molar-refractivity contribution in [2.75, 3.05) is 6.54 Å². The second kappa shape index (κ2) is 4.14. The van der Waals surface area contributed by atoms with Gasteiger partial charge in [-0.1, -0.05) is 0 Å². The summed E-state index contributed by atoms with van der Waals surface area (Å²) in [5.74, 6) is 0.113. The number of carbonyl (C=O) groups is 2. The predicted octanol–water partition coefficient (Wildman–Crippen LogP) is 1.86. The summed E-state index contributed by atoms with van der Waals surface area (Å²) in [7, 11) is 0. The molecule has 1 aliphatic rings. The van der Waals surface area contributed by atoms with Crippen LogP contribution >= 0.6 is 11.3 Å². The third-order valence-electron chi connectivity index (χ3n) is 2.78. The fourth-order valence-corrected chi connectivity index (χ4v) is 2.87. The van der Waals surface area contributed by atoms with Gasteiger partial charge in [-0.2, -0.15) is 0 Å². The zero-order valence-electron chi connectivity index (χ0n) is 8.66. The van der Waals surface area contributed by atoms with E-state index >= 15 is 0 Å². The maximum atomic E-state index is 11.3. The molecular formula is C11H13NO2S. The number of carbonyl (C=O) groups excluding carboxylic acids is 2. The van der Waals surface area contributed by atoms with E-state index in [1.54, 1.807) is 6.92 Å². The van der Waals surface area contributed by atoms with Crippen molar-refractivity contribution in [3.63, 3.8) is 0 Å². The first-order valence-corrected chi connectivity index (χ1v) is 5.90. The number of nitrogens with zero attached hydrogens (tertiary/aromatic N) is 1. The van der Waals surface area contributed by atoms with Crippen LogP contribution in [0.4, 0.5) is 0 Å². The largest absolute Gasteiger partial charge is 0.339 e. The predicted molar refractivity (Wildman–Crippen MR) is 59.1 cm³/mol. The van der Waals surface area contributed by atoms with Crippen molar-refractivity contribution in [2.24, 2.45) is 0 Å². The molecule has 0 saturated heterocycles. The molecule has 0 aromatic carbocycles. The number of thiophene rings is 1. The Hall–Kier alpha value is -1.16. The summed E-state index contributed by atoms with van der Waals surface area (Å²) in [6.07, 6.45) is 2.79. The van der Waals surface area contributed by atoms with Crippen molar-refractivity contribution in [1.29, 1.82) is 0 Å². The van der Waals surface area contributed by atoms with Crippen LogP contribution in [0.1, 0.15) is 34.1 Å². The second-order valence-electron chi connectivity index (χ2n) is 3.77. The van der Waals surface area contributed by atoms with E-state index in [4.69, 9.17) is 0 Å². The average molecular weight is 223 g/mol. The van der Waals surface area contributed by atoms with Crippen LogP contribution in [0.15, 0.2) is 5.38 Å². The van der Waals surface area contributed by atoms with E-state index in [0.29, 0.717) is 6.54 Å². The molecule has 0 bridgehead atoms. The van der Waals surface area contributed by atoms with Gasteiger partial charge in [0.1, 0.15) is 0 Å². The smallest absolute Gasteiger partial charge is 0.219 e. The monoisotopic (exact) mass is 223 g/mol. The Balaban J connectivity index is 2.30. The molecule has 0 aliphatic carbocycles. The van der Waals surface area contributed by atoms with Crippen molar-refractivity contribution in [3.05, 3.63) is 21.4 Å². The van der Waals surface area contributed by atoms with E-state index in [9.17, 15) is 9.59 Å². The Labute approximate surface area is 92.7 Å². The van der Waals surface area contributed by atoms with E-state index in [0.717, 1.165) is 41.7 Å². The molecule has 0 spiro atoms. The molecule has 0 N–H and O–H groups in total. The second-order valence-corrected chi connectivity index (χ2v) is 4.68.